The molecule has 1 saturated heterocycles. The number of hydrogen-bond acceptors (Lipinski definition) is 3. The number of imidazole rings is 1. The maximum atomic E-state index is 4.49. The van der Waals surface area contributed by atoms with Crippen molar-refractivity contribution >= 4 is 11.3 Å². The molecule has 1 atom stereocenters. The normalized spacial score (nSPS) is 19.9. The van der Waals surface area contributed by atoms with Gasteiger partial charge in [0, 0.05) is 11.3 Å². The molecule has 90 valence electrons. The third kappa shape index (κ3) is 2.42. The number of aromatic amines is 1. The number of rotatable bonds is 3. The third-order valence-electron chi connectivity index (χ3n) is 3.28. The molecule has 3 nitrogen and oxygen atoms in total. The molecular formula is C13H17N3S. The highest BCUT2D eigenvalue weighted by molar-refractivity contribution is 7.15. The summed E-state index contributed by atoms with van der Waals surface area (Å²) in [7, 11) is 0. The lowest BCUT2D eigenvalue weighted by atomic mass is 10.1. The van der Waals surface area contributed by atoms with Crippen LogP contribution in [0.15, 0.2) is 18.3 Å². The van der Waals surface area contributed by atoms with Gasteiger partial charge in [-0.25, -0.2) is 4.98 Å². The summed E-state index contributed by atoms with van der Waals surface area (Å²) in [5, 5.41) is 3.39. The number of aryl methyl sites for hydroxylation is 1. The van der Waals surface area contributed by atoms with Crippen molar-refractivity contribution in [1.29, 1.82) is 0 Å². The van der Waals surface area contributed by atoms with E-state index in [2.05, 4.69) is 34.3 Å². The maximum absolute atomic E-state index is 4.49. The van der Waals surface area contributed by atoms with Crippen molar-refractivity contribution in [3.05, 3.63) is 29.0 Å². The quantitative estimate of drug-likeness (QED) is 0.875. The predicted molar refractivity (Wildman–Crippen MR) is 71.3 cm³/mol. The van der Waals surface area contributed by atoms with E-state index >= 15 is 0 Å². The van der Waals surface area contributed by atoms with E-state index in [0.717, 1.165) is 36.9 Å². The summed E-state index contributed by atoms with van der Waals surface area (Å²) in [6, 6.07) is 4.32. The van der Waals surface area contributed by atoms with Gasteiger partial charge in [0.15, 0.2) is 0 Å². The van der Waals surface area contributed by atoms with Crippen LogP contribution >= 0.6 is 11.3 Å². The number of H-pyrrole nitrogens is 1. The van der Waals surface area contributed by atoms with Gasteiger partial charge in [-0.05, 0) is 44.5 Å². The fourth-order valence-corrected chi connectivity index (χ4v) is 3.17. The first-order valence-corrected chi connectivity index (χ1v) is 6.94. The van der Waals surface area contributed by atoms with Gasteiger partial charge in [0.25, 0.3) is 0 Å². The molecule has 4 heteroatoms. The van der Waals surface area contributed by atoms with Crippen LogP contribution in [0.5, 0.6) is 0 Å². The lowest BCUT2D eigenvalue weighted by Crippen LogP contribution is -2.11. The Morgan fingerprint density at radius 1 is 1.47 bits per heavy atom. The molecule has 0 aromatic carbocycles. The zero-order chi connectivity index (χ0) is 11.7. The highest BCUT2D eigenvalue weighted by Gasteiger charge is 2.16. The maximum Gasteiger partial charge on any atom is 0.106 e. The lowest BCUT2D eigenvalue weighted by molar-refractivity contribution is 0.565. The van der Waals surface area contributed by atoms with Gasteiger partial charge in [0.05, 0.1) is 16.8 Å². The fourth-order valence-electron chi connectivity index (χ4n) is 2.33. The Morgan fingerprint density at radius 3 is 3.12 bits per heavy atom. The molecule has 1 unspecified atom stereocenters. The SMILES string of the molecule is Cc1ccc(-c2cnc(CC3CCNC3)[nH]2)s1. The first-order chi connectivity index (χ1) is 8.31. The van der Waals surface area contributed by atoms with Crippen molar-refractivity contribution < 1.29 is 0 Å². The van der Waals surface area contributed by atoms with E-state index in [1.807, 2.05) is 17.5 Å². The van der Waals surface area contributed by atoms with E-state index < -0.39 is 0 Å². The topological polar surface area (TPSA) is 40.7 Å². The smallest absolute Gasteiger partial charge is 0.106 e. The Balaban J connectivity index is 1.73. The molecule has 0 spiro atoms. The lowest BCUT2D eigenvalue weighted by Gasteiger charge is -2.04. The van der Waals surface area contributed by atoms with Crippen LogP contribution in [0.25, 0.3) is 10.6 Å². The second kappa shape index (κ2) is 4.63. The average Bonchev–Trinajstić information content (AvgIpc) is 2.99. The summed E-state index contributed by atoms with van der Waals surface area (Å²) < 4.78 is 0. The molecule has 0 bridgehead atoms. The van der Waals surface area contributed by atoms with Gasteiger partial charge in [-0.3, -0.25) is 0 Å². The van der Waals surface area contributed by atoms with E-state index in [4.69, 9.17) is 0 Å². The highest BCUT2D eigenvalue weighted by Crippen LogP contribution is 2.26. The van der Waals surface area contributed by atoms with Crippen LogP contribution < -0.4 is 5.32 Å². The Morgan fingerprint density at radius 2 is 2.41 bits per heavy atom. The standard InChI is InChI=1S/C13H17N3S/c1-9-2-3-12(17-9)11-8-15-13(16-11)6-10-4-5-14-7-10/h2-3,8,10,14H,4-7H2,1H3,(H,15,16). The second-order valence-electron chi connectivity index (χ2n) is 4.72. The Labute approximate surface area is 105 Å². The van der Waals surface area contributed by atoms with Gasteiger partial charge < -0.3 is 10.3 Å². The van der Waals surface area contributed by atoms with Crippen LogP contribution in [-0.2, 0) is 6.42 Å². The van der Waals surface area contributed by atoms with Crippen LogP contribution in [-0.4, -0.2) is 23.1 Å². The molecule has 17 heavy (non-hydrogen) atoms. The van der Waals surface area contributed by atoms with E-state index in [1.54, 1.807) is 0 Å². The number of aromatic nitrogens is 2. The van der Waals surface area contributed by atoms with Gasteiger partial charge in [-0.2, -0.15) is 0 Å². The Kier molecular flexibility index (Phi) is 2.99. The van der Waals surface area contributed by atoms with Crippen LogP contribution in [0, 0.1) is 12.8 Å². The summed E-state index contributed by atoms with van der Waals surface area (Å²) in [5.41, 5.74) is 1.16. The average molecular weight is 247 g/mol. The molecule has 1 aliphatic rings. The van der Waals surface area contributed by atoms with Gasteiger partial charge in [0.2, 0.25) is 0 Å². The fraction of sp³-hybridized carbons (Fsp3) is 0.462. The number of nitrogens with zero attached hydrogens (tertiary/aromatic N) is 1. The summed E-state index contributed by atoms with van der Waals surface area (Å²) in [4.78, 5) is 10.6. The monoisotopic (exact) mass is 247 g/mol. The largest absolute Gasteiger partial charge is 0.341 e. The Hall–Kier alpha value is -1.13. The molecular weight excluding hydrogens is 230 g/mol. The Bertz CT molecular complexity index is 494. The molecule has 1 aliphatic heterocycles. The van der Waals surface area contributed by atoms with Gasteiger partial charge in [-0.1, -0.05) is 0 Å². The number of thiophene rings is 1. The molecule has 2 aromatic heterocycles. The van der Waals surface area contributed by atoms with Crippen molar-refractivity contribution in [1.82, 2.24) is 15.3 Å². The summed E-state index contributed by atoms with van der Waals surface area (Å²) >= 11 is 1.81. The minimum atomic E-state index is 0.749. The summed E-state index contributed by atoms with van der Waals surface area (Å²) in [6.07, 6.45) is 4.30. The molecule has 3 heterocycles. The van der Waals surface area contributed by atoms with Crippen molar-refractivity contribution in [2.45, 2.75) is 19.8 Å². The predicted octanol–water partition coefficient (Wildman–Crippen LogP) is 2.60. The van der Waals surface area contributed by atoms with E-state index in [0.29, 0.717) is 0 Å². The second-order valence-corrected chi connectivity index (χ2v) is 6.00. The zero-order valence-corrected chi connectivity index (χ0v) is 10.8. The summed E-state index contributed by atoms with van der Waals surface area (Å²) in [6.45, 7) is 4.42. The van der Waals surface area contributed by atoms with E-state index in [9.17, 15) is 0 Å². The van der Waals surface area contributed by atoms with E-state index in [-0.39, 0.29) is 0 Å². The van der Waals surface area contributed by atoms with Gasteiger partial charge in [-0.15, -0.1) is 11.3 Å². The zero-order valence-electron chi connectivity index (χ0n) is 9.99. The molecule has 2 N–H and O–H groups in total. The highest BCUT2D eigenvalue weighted by atomic mass is 32.1. The third-order valence-corrected chi connectivity index (χ3v) is 4.31. The first kappa shape index (κ1) is 11.0. The molecule has 0 saturated carbocycles. The molecule has 1 fully saturated rings. The van der Waals surface area contributed by atoms with Crippen molar-refractivity contribution in [2.75, 3.05) is 13.1 Å². The molecule has 0 aliphatic carbocycles. The van der Waals surface area contributed by atoms with Crippen molar-refractivity contribution in [2.24, 2.45) is 5.92 Å². The van der Waals surface area contributed by atoms with Gasteiger partial charge in [0.1, 0.15) is 5.82 Å². The van der Waals surface area contributed by atoms with Crippen LogP contribution in [0.4, 0.5) is 0 Å². The van der Waals surface area contributed by atoms with E-state index in [1.165, 1.54) is 16.2 Å². The summed E-state index contributed by atoms with van der Waals surface area (Å²) in [5.74, 6) is 1.87. The first-order valence-electron chi connectivity index (χ1n) is 6.12. The number of hydrogen-bond donors (Lipinski definition) is 2. The molecule has 0 amide bonds. The molecule has 0 radical (unpaired) electrons. The van der Waals surface area contributed by atoms with Crippen LogP contribution in [0.3, 0.4) is 0 Å². The van der Waals surface area contributed by atoms with Crippen molar-refractivity contribution in [3.8, 4) is 10.6 Å². The molecule has 2 aromatic rings. The minimum absolute atomic E-state index is 0.749. The number of nitrogens with one attached hydrogen (secondary N) is 2. The van der Waals surface area contributed by atoms with Crippen LogP contribution in [0.1, 0.15) is 17.1 Å². The van der Waals surface area contributed by atoms with Gasteiger partial charge >= 0.3 is 0 Å². The molecule has 3 rings (SSSR count). The van der Waals surface area contributed by atoms with Crippen molar-refractivity contribution in [3.63, 3.8) is 0 Å². The minimum Gasteiger partial charge on any atom is -0.341 e. The van der Waals surface area contributed by atoms with Crippen LogP contribution in [0.2, 0.25) is 0 Å².